The molecule has 4 nitrogen and oxygen atoms in total. The van der Waals surface area contributed by atoms with Crippen molar-refractivity contribution in [2.24, 2.45) is 0 Å². The average molecular weight is 362 g/mol. The Morgan fingerprint density at radius 1 is 1.09 bits per heavy atom. The fourth-order valence-corrected chi connectivity index (χ4v) is 3.27. The van der Waals surface area contributed by atoms with Gasteiger partial charge in [0.2, 0.25) is 5.78 Å². The van der Waals surface area contributed by atoms with E-state index in [1.165, 1.54) is 0 Å². The smallest absolute Gasteiger partial charge is 0.312 e. The maximum Gasteiger partial charge on any atom is 0.312 e. The SMILES string of the molecule is O=C(c1ccc(Br)cc1)c1ccc2n1CCCCC2C(=O)O. The van der Waals surface area contributed by atoms with Crippen molar-refractivity contribution < 1.29 is 14.7 Å². The molecule has 1 aromatic carbocycles. The van der Waals surface area contributed by atoms with Crippen molar-refractivity contribution in [1.29, 1.82) is 0 Å². The number of hydrogen-bond donors (Lipinski definition) is 1. The van der Waals surface area contributed by atoms with Crippen molar-refractivity contribution in [3.8, 4) is 0 Å². The van der Waals surface area contributed by atoms with Gasteiger partial charge in [-0.25, -0.2) is 0 Å². The molecule has 0 radical (unpaired) electrons. The third-order valence-electron chi connectivity index (χ3n) is 4.13. The fraction of sp³-hybridized carbons (Fsp3) is 0.294. The van der Waals surface area contributed by atoms with Gasteiger partial charge in [-0.15, -0.1) is 0 Å². The molecule has 22 heavy (non-hydrogen) atoms. The summed E-state index contributed by atoms with van der Waals surface area (Å²) in [6.07, 6.45) is 2.39. The molecule has 1 atom stereocenters. The lowest BCUT2D eigenvalue weighted by molar-refractivity contribution is -0.139. The van der Waals surface area contributed by atoms with Gasteiger partial charge in [-0.05, 0) is 49.2 Å². The number of halogens is 1. The van der Waals surface area contributed by atoms with E-state index in [9.17, 15) is 14.7 Å². The first kappa shape index (κ1) is 15.0. The van der Waals surface area contributed by atoms with Crippen molar-refractivity contribution in [3.05, 3.63) is 57.8 Å². The van der Waals surface area contributed by atoms with Gasteiger partial charge in [-0.3, -0.25) is 9.59 Å². The number of carbonyl (C=O) groups is 2. The zero-order chi connectivity index (χ0) is 15.7. The Morgan fingerprint density at radius 3 is 2.50 bits per heavy atom. The number of aromatic nitrogens is 1. The molecule has 0 bridgehead atoms. The van der Waals surface area contributed by atoms with Gasteiger partial charge in [0.05, 0.1) is 11.6 Å². The molecule has 2 aromatic rings. The van der Waals surface area contributed by atoms with Crippen LogP contribution in [-0.4, -0.2) is 21.4 Å². The van der Waals surface area contributed by atoms with Gasteiger partial charge in [0.1, 0.15) is 0 Å². The summed E-state index contributed by atoms with van der Waals surface area (Å²) in [5.41, 5.74) is 1.93. The molecule has 0 spiro atoms. The maximum absolute atomic E-state index is 12.7. The summed E-state index contributed by atoms with van der Waals surface area (Å²) in [5.74, 6) is -1.40. The molecule has 0 aliphatic carbocycles. The summed E-state index contributed by atoms with van der Waals surface area (Å²) in [7, 11) is 0. The number of carboxylic acid groups (broad SMARTS) is 1. The number of ketones is 1. The average Bonchev–Trinajstić information content (AvgIpc) is 2.79. The number of benzene rings is 1. The first-order valence-electron chi connectivity index (χ1n) is 7.30. The maximum atomic E-state index is 12.7. The Hall–Kier alpha value is -1.88. The number of carboxylic acids is 1. The van der Waals surface area contributed by atoms with E-state index in [1.54, 1.807) is 24.3 Å². The van der Waals surface area contributed by atoms with Crippen LogP contribution in [0, 0.1) is 0 Å². The van der Waals surface area contributed by atoms with E-state index in [4.69, 9.17) is 0 Å². The highest BCUT2D eigenvalue weighted by Gasteiger charge is 2.28. The predicted octanol–water partition coefficient (Wildman–Crippen LogP) is 3.83. The Bertz CT molecular complexity index is 718. The Morgan fingerprint density at radius 2 is 1.82 bits per heavy atom. The normalized spacial score (nSPS) is 17.6. The number of rotatable bonds is 3. The molecule has 0 saturated heterocycles. The summed E-state index contributed by atoms with van der Waals surface area (Å²) >= 11 is 3.36. The van der Waals surface area contributed by atoms with E-state index < -0.39 is 11.9 Å². The van der Waals surface area contributed by atoms with E-state index in [0.717, 1.165) is 23.0 Å². The topological polar surface area (TPSA) is 59.3 Å². The molecule has 0 amide bonds. The lowest BCUT2D eigenvalue weighted by atomic mass is 10.0. The molecule has 1 aliphatic rings. The summed E-state index contributed by atoms with van der Waals surface area (Å²) in [5, 5.41) is 9.40. The minimum absolute atomic E-state index is 0.0650. The van der Waals surface area contributed by atoms with Crippen molar-refractivity contribution in [3.63, 3.8) is 0 Å². The second kappa shape index (κ2) is 6.08. The van der Waals surface area contributed by atoms with Crippen LogP contribution in [0.2, 0.25) is 0 Å². The standard InChI is InChI=1S/C17H16BrNO3/c18-12-6-4-11(5-7-12)16(20)15-9-8-14-13(17(21)22)3-1-2-10-19(14)15/h4-9,13H,1-3,10H2,(H,21,22). The number of nitrogens with zero attached hydrogens (tertiary/aromatic N) is 1. The second-order valence-corrected chi connectivity index (χ2v) is 6.43. The molecule has 0 saturated carbocycles. The van der Waals surface area contributed by atoms with E-state index in [2.05, 4.69) is 15.9 Å². The van der Waals surface area contributed by atoms with Crippen molar-refractivity contribution >= 4 is 27.7 Å². The van der Waals surface area contributed by atoms with Crippen molar-refractivity contribution in [2.75, 3.05) is 0 Å². The van der Waals surface area contributed by atoms with Gasteiger partial charge in [-0.2, -0.15) is 0 Å². The van der Waals surface area contributed by atoms with Gasteiger partial charge in [0.25, 0.3) is 0 Å². The molecule has 3 rings (SSSR count). The molecule has 2 heterocycles. The van der Waals surface area contributed by atoms with Crippen molar-refractivity contribution in [2.45, 2.75) is 31.7 Å². The largest absolute Gasteiger partial charge is 0.481 e. The molecule has 1 unspecified atom stereocenters. The van der Waals surface area contributed by atoms with Crippen molar-refractivity contribution in [1.82, 2.24) is 4.57 Å². The predicted molar refractivity (Wildman–Crippen MR) is 86.2 cm³/mol. The third kappa shape index (κ3) is 2.73. The lowest BCUT2D eigenvalue weighted by Crippen LogP contribution is -2.16. The van der Waals surface area contributed by atoms with Crippen LogP contribution in [0.3, 0.4) is 0 Å². The van der Waals surface area contributed by atoms with Gasteiger partial charge < -0.3 is 9.67 Å². The molecule has 1 N–H and O–H groups in total. The summed E-state index contributed by atoms with van der Waals surface area (Å²) in [4.78, 5) is 24.1. The van der Waals surface area contributed by atoms with Crippen LogP contribution in [0.25, 0.3) is 0 Å². The van der Waals surface area contributed by atoms with E-state index >= 15 is 0 Å². The third-order valence-corrected chi connectivity index (χ3v) is 4.66. The van der Waals surface area contributed by atoms with Crippen LogP contribution in [-0.2, 0) is 11.3 Å². The monoisotopic (exact) mass is 361 g/mol. The van der Waals surface area contributed by atoms with E-state index in [0.29, 0.717) is 24.2 Å². The Balaban J connectivity index is 2.00. The highest BCUT2D eigenvalue weighted by atomic mass is 79.9. The molecular weight excluding hydrogens is 346 g/mol. The first-order chi connectivity index (χ1) is 10.6. The van der Waals surface area contributed by atoms with E-state index in [-0.39, 0.29) is 5.78 Å². The van der Waals surface area contributed by atoms with Crippen LogP contribution in [0.1, 0.15) is 46.9 Å². The Labute approximate surface area is 136 Å². The van der Waals surface area contributed by atoms with Crippen LogP contribution < -0.4 is 0 Å². The minimum atomic E-state index is -0.816. The molecule has 0 fully saturated rings. The lowest BCUT2D eigenvalue weighted by Gasteiger charge is -2.13. The molecule has 5 heteroatoms. The molecule has 1 aromatic heterocycles. The second-order valence-electron chi connectivity index (χ2n) is 5.52. The fourth-order valence-electron chi connectivity index (χ4n) is 3.00. The molecule has 114 valence electrons. The molecular formula is C17H16BrNO3. The molecule has 1 aliphatic heterocycles. The summed E-state index contributed by atoms with van der Waals surface area (Å²) in [6.45, 7) is 0.698. The Kier molecular flexibility index (Phi) is 4.16. The van der Waals surface area contributed by atoms with Crippen LogP contribution in [0.5, 0.6) is 0 Å². The van der Waals surface area contributed by atoms with Crippen LogP contribution >= 0.6 is 15.9 Å². The highest BCUT2D eigenvalue weighted by molar-refractivity contribution is 9.10. The quantitative estimate of drug-likeness (QED) is 0.845. The van der Waals surface area contributed by atoms with Crippen LogP contribution in [0.15, 0.2) is 40.9 Å². The summed E-state index contributed by atoms with van der Waals surface area (Å²) < 4.78 is 2.81. The number of fused-ring (bicyclic) bond motifs is 1. The first-order valence-corrected chi connectivity index (χ1v) is 8.09. The van der Waals surface area contributed by atoms with Gasteiger partial charge in [-0.1, -0.05) is 22.4 Å². The number of aliphatic carboxylic acids is 1. The van der Waals surface area contributed by atoms with Gasteiger partial charge in [0.15, 0.2) is 0 Å². The number of carbonyl (C=O) groups excluding carboxylic acids is 1. The number of hydrogen-bond acceptors (Lipinski definition) is 2. The minimum Gasteiger partial charge on any atom is -0.481 e. The van der Waals surface area contributed by atoms with Gasteiger partial charge in [0, 0.05) is 22.3 Å². The van der Waals surface area contributed by atoms with Crippen LogP contribution in [0.4, 0.5) is 0 Å². The highest BCUT2D eigenvalue weighted by Crippen LogP contribution is 2.29. The van der Waals surface area contributed by atoms with E-state index in [1.807, 2.05) is 16.7 Å². The zero-order valence-corrected chi connectivity index (χ0v) is 13.5. The van der Waals surface area contributed by atoms with Gasteiger partial charge >= 0.3 is 5.97 Å². The summed E-state index contributed by atoms with van der Waals surface area (Å²) in [6, 6.07) is 10.8. The zero-order valence-electron chi connectivity index (χ0n) is 12.0.